The van der Waals surface area contributed by atoms with Gasteiger partial charge < -0.3 is 5.73 Å². The molecule has 0 saturated carbocycles. The summed E-state index contributed by atoms with van der Waals surface area (Å²) in [4.78, 5) is 11.8. The molecule has 1 heterocycles. The van der Waals surface area contributed by atoms with Crippen molar-refractivity contribution in [3.05, 3.63) is 17.5 Å². The van der Waals surface area contributed by atoms with Crippen LogP contribution in [-0.2, 0) is 24.7 Å². The molecule has 0 spiro atoms. The van der Waals surface area contributed by atoms with E-state index in [1.54, 1.807) is 0 Å². The molecule has 102 valence electrons. The normalized spacial score (nSPS) is 10.8. The molecular weight excluding hydrogens is 226 g/mol. The Kier molecular flexibility index (Phi) is 6.65. The first-order chi connectivity index (χ1) is 8.67. The van der Waals surface area contributed by atoms with Gasteiger partial charge in [-0.15, -0.1) is 0 Å². The third-order valence-electron chi connectivity index (χ3n) is 3.18. The molecule has 1 aromatic rings. The maximum Gasteiger partial charge on any atom is 0.138 e. The molecule has 0 aliphatic rings. The predicted molar refractivity (Wildman–Crippen MR) is 73.4 cm³/mol. The molecule has 0 aliphatic carbocycles. The Morgan fingerprint density at radius 3 is 2.67 bits per heavy atom. The highest BCUT2D eigenvalue weighted by atomic mass is 16.1. The van der Waals surface area contributed by atoms with Crippen LogP contribution in [0.2, 0.25) is 0 Å². The maximum absolute atomic E-state index is 11.8. The molecule has 0 amide bonds. The fraction of sp³-hybridized carbons (Fsp3) is 0.714. The van der Waals surface area contributed by atoms with Crippen molar-refractivity contribution in [1.82, 2.24) is 9.78 Å². The summed E-state index contributed by atoms with van der Waals surface area (Å²) < 4.78 is 1.82. The summed E-state index contributed by atoms with van der Waals surface area (Å²) in [6, 6.07) is 2.03. The molecule has 0 unspecified atom stereocenters. The number of aryl methyl sites for hydroxylation is 2. The summed E-state index contributed by atoms with van der Waals surface area (Å²) >= 11 is 0. The van der Waals surface area contributed by atoms with Crippen molar-refractivity contribution in [3.63, 3.8) is 0 Å². The SMILES string of the molecule is CCc1cc(CC(=O)CCCCCCN)n(C)n1. The first-order valence-electron chi connectivity index (χ1n) is 6.91. The number of aromatic nitrogens is 2. The second-order valence-corrected chi connectivity index (χ2v) is 4.77. The summed E-state index contributed by atoms with van der Waals surface area (Å²) in [6.07, 6.45) is 6.40. The number of carbonyl (C=O) groups is 1. The fourth-order valence-electron chi connectivity index (χ4n) is 2.02. The highest BCUT2D eigenvalue weighted by Crippen LogP contribution is 2.09. The number of hydrogen-bond acceptors (Lipinski definition) is 3. The summed E-state index contributed by atoms with van der Waals surface area (Å²) in [5.41, 5.74) is 7.51. The third kappa shape index (κ3) is 5.00. The van der Waals surface area contributed by atoms with Crippen LogP contribution < -0.4 is 5.73 Å². The van der Waals surface area contributed by atoms with Gasteiger partial charge in [-0.3, -0.25) is 9.48 Å². The Morgan fingerprint density at radius 1 is 1.33 bits per heavy atom. The average Bonchev–Trinajstić information content (AvgIpc) is 2.70. The molecule has 1 aromatic heterocycles. The molecule has 0 bridgehead atoms. The number of Topliss-reactive ketones (excluding diaryl/α,β-unsaturated/α-hetero) is 1. The van der Waals surface area contributed by atoms with E-state index in [1.165, 1.54) is 0 Å². The second kappa shape index (κ2) is 8.03. The summed E-state index contributed by atoms with van der Waals surface area (Å²) in [6.45, 7) is 2.83. The third-order valence-corrected chi connectivity index (χ3v) is 3.18. The van der Waals surface area contributed by atoms with Crippen molar-refractivity contribution < 1.29 is 4.79 Å². The van der Waals surface area contributed by atoms with Crippen LogP contribution in [0.1, 0.15) is 50.4 Å². The zero-order chi connectivity index (χ0) is 13.4. The number of nitrogens with zero attached hydrogens (tertiary/aromatic N) is 2. The largest absolute Gasteiger partial charge is 0.330 e. The van der Waals surface area contributed by atoms with E-state index in [4.69, 9.17) is 5.73 Å². The van der Waals surface area contributed by atoms with Gasteiger partial charge in [0, 0.05) is 25.6 Å². The quantitative estimate of drug-likeness (QED) is 0.683. The molecule has 0 fully saturated rings. The van der Waals surface area contributed by atoms with Gasteiger partial charge in [-0.1, -0.05) is 19.8 Å². The first-order valence-corrected chi connectivity index (χ1v) is 6.91. The van der Waals surface area contributed by atoms with E-state index in [1.807, 2.05) is 17.8 Å². The van der Waals surface area contributed by atoms with Crippen molar-refractivity contribution in [2.24, 2.45) is 12.8 Å². The van der Waals surface area contributed by atoms with Crippen molar-refractivity contribution in [1.29, 1.82) is 0 Å². The Morgan fingerprint density at radius 2 is 2.06 bits per heavy atom. The van der Waals surface area contributed by atoms with Crippen LogP contribution in [0.5, 0.6) is 0 Å². The highest BCUT2D eigenvalue weighted by Gasteiger charge is 2.09. The number of rotatable bonds is 9. The second-order valence-electron chi connectivity index (χ2n) is 4.77. The minimum Gasteiger partial charge on any atom is -0.330 e. The van der Waals surface area contributed by atoms with Gasteiger partial charge in [-0.2, -0.15) is 5.10 Å². The first kappa shape index (κ1) is 14.9. The van der Waals surface area contributed by atoms with Gasteiger partial charge in [0.1, 0.15) is 5.78 Å². The smallest absolute Gasteiger partial charge is 0.138 e. The molecule has 2 N–H and O–H groups in total. The Bertz CT molecular complexity index is 371. The standard InChI is InChI=1S/C14H25N3O/c1-3-12-10-13(17(2)16-12)11-14(18)8-6-4-5-7-9-15/h10H,3-9,11,15H2,1-2H3. The van der Waals surface area contributed by atoms with Crippen LogP contribution >= 0.6 is 0 Å². The van der Waals surface area contributed by atoms with Gasteiger partial charge in [-0.05, 0) is 31.9 Å². The molecule has 0 aromatic carbocycles. The van der Waals surface area contributed by atoms with Gasteiger partial charge in [0.25, 0.3) is 0 Å². The van der Waals surface area contributed by atoms with Crippen LogP contribution in [0, 0.1) is 0 Å². The lowest BCUT2D eigenvalue weighted by Crippen LogP contribution is -2.07. The number of unbranched alkanes of at least 4 members (excludes halogenated alkanes) is 3. The van der Waals surface area contributed by atoms with Crippen LogP contribution in [0.3, 0.4) is 0 Å². The number of nitrogens with two attached hydrogens (primary N) is 1. The van der Waals surface area contributed by atoms with E-state index in [9.17, 15) is 4.79 Å². The van der Waals surface area contributed by atoms with E-state index in [0.717, 1.165) is 50.0 Å². The number of ketones is 1. The topological polar surface area (TPSA) is 60.9 Å². The van der Waals surface area contributed by atoms with Crippen LogP contribution in [0.4, 0.5) is 0 Å². The molecule has 0 radical (unpaired) electrons. The minimum absolute atomic E-state index is 0.313. The average molecular weight is 251 g/mol. The molecule has 4 heteroatoms. The highest BCUT2D eigenvalue weighted by molar-refractivity contribution is 5.80. The van der Waals surface area contributed by atoms with E-state index >= 15 is 0 Å². The molecule has 1 rings (SSSR count). The van der Waals surface area contributed by atoms with Gasteiger partial charge in [0.2, 0.25) is 0 Å². The van der Waals surface area contributed by atoms with Crippen LogP contribution in [0.25, 0.3) is 0 Å². The van der Waals surface area contributed by atoms with Crippen LogP contribution in [-0.4, -0.2) is 22.1 Å². The molecule has 0 atom stereocenters. The fourth-order valence-corrected chi connectivity index (χ4v) is 2.02. The van der Waals surface area contributed by atoms with E-state index < -0.39 is 0 Å². The lowest BCUT2D eigenvalue weighted by atomic mass is 10.1. The van der Waals surface area contributed by atoms with Crippen molar-refractivity contribution in [2.45, 2.75) is 51.9 Å². The molecular formula is C14H25N3O. The summed E-state index contributed by atoms with van der Waals surface area (Å²) in [7, 11) is 1.91. The van der Waals surface area contributed by atoms with E-state index in [0.29, 0.717) is 18.6 Å². The summed E-state index contributed by atoms with van der Waals surface area (Å²) in [5.74, 6) is 0.313. The molecule has 0 aliphatic heterocycles. The van der Waals surface area contributed by atoms with Gasteiger partial charge in [0.15, 0.2) is 0 Å². The lowest BCUT2D eigenvalue weighted by molar-refractivity contribution is -0.118. The number of carbonyl (C=O) groups excluding carboxylic acids is 1. The van der Waals surface area contributed by atoms with E-state index in [-0.39, 0.29) is 0 Å². The van der Waals surface area contributed by atoms with Crippen molar-refractivity contribution in [3.8, 4) is 0 Å². The van der Waals surface area contributed by atoms with Crippen LogP contribution in [0.15, 0.2) is 6.07 Å². The molecule has 0 saturated heterocycles. The molecule has 4 nitrogen and oxygen atoms in total. The van der Waals surface area contributed by atoms with Gasteiger partial charge in [-0.25, -0.2) is 0 Å². The Labute approximate surface area is 110 Å². The lowest BCUT2D eigenvalue weighted by Gasteiger charge is -2.02. The zero-order valence-corrected chi connectivity index (χ0v) is 11.6. The monoisotopic (exact) mass is 251 g/mol. The maximum atomic E-state index is 11.8. The van der Waals surface area contributed by atoms with Gasteiger partial charge in [0.05, 0.1) is 5.69 Å². The number of hydrogen-bond donors (Lipinski definition) is 1. The van der Waals surface area contributed by atoms with E-state index in [2.05, 4.69) is 12.0 Å². The molecule has 18 heavy (non-hydrogen) atoms. The zero-order valence-electron chi connectivity index (χ0n) is 11.6. The Balaban J connectivity index is 2.28. The van der Waals surface area contributed by atoms with Crippen molar-refractivity contribution in [2.75, 3.05) is 6.54 Å². The minimum atomic E-state index is 0.313. The van der Waals surface area contributed by atoms with Gasteiger partial charge >= 0.3 is 0 Å². The Hall–Kier alpha value is -1.16. The summed E-state index contributed by atoms with van der Waals surface area (Å²) in [5, 5.41) is 4.35. The van der Waals surface area contributed by atoms with Crippen molar-refractivity contribution >= 4 is 5.78 Å². The predicted octanol–water partition coefficient (Wildman–Crippen LogP) is 2.00.